The van der Waals surface area contributed by atoms with Gasteiger partial charge in [0.2, 0.25) is 0 Å². The maximum Gasteiger partial charge on any atom is 0.275 e. The fourth-order valence-electron chi connectivity index (χ4n) is 3.42. The highest BCUT2D eigenvalue weighted by atomic mass is 16.2. The van der Waals surface area contributed by atoms with E-state index < -0.39 is 0 Å². The number of aromatic amines is 1. The van der Waals surface area contributed by atoms with Gasteiger partial charge in [0.25, 0.3) is 5.91 Å². The van der Waals surface area contributed by atoms with E-state index in [9.17, 15) is 4.79 Å². The molecule has 0 unspecified atom stereocenters. The Labute approximate surface area is 147 Å². The fourth-order valence-corrected chi connectivity index (χ4v) is 3.42. The Kier molecular flexibility index (Phi) is 3.64. The summed E-state index contributed by atoms with van der Waals surface area (Å²) in [5.41, 5.74) is 4.57. The van der Waals surface area contributed by atoms with Crippen LogP contribution in [0, 0.1) is 0 Å². The first-order valence-electron chi connectivity index (χ1n) is 8.72. The van der Waals surface area contributed by atoms with Gasteiger partial charge in [-0.15, -0.1) is 0 Å². The topological polar surface area (TPSA) is 78.0 Å². The number of hydrogen-bond acceptors (Lipinski definition) is 5. The Morgan fingerprint density at radius 3 is 2.80 bits per heavy atom. The van der Waals surface area contributed by atoms with Gasteiger partial charge in [-0.3, -0.25) is 9.89 Å². The van der Waals surface area contributed by atoms with Crippen molar-refractivity contribution >= 4 is 5.91 Å². The number of aromatic nitrogens is 4. The Hall–Kier alpha value is -2.28. The summed E-state index contributed by atoms with van der Waals surface area (Å²) in [6, 6.07) is 0. The molecule has 0 radical (unpaired) electrons. The lowest BCUT2D eigenvalue weighted by Gasteiger charge is -2.23. The number of amides is 1. The molecule has 7 nitrogen and oxygen atoms in total. The molecule has 0 bridgehead atoms. The first kappa shape index (κ1) is 16.2. The van der Waals surface area contributed by atoms with Gasteiger partial charge < -0.3 is 9.80 Å². The van der Waals surface area contributed by atoms with E-state index in [2.05, 4.69) is 47.9 Å². The number of carbonyl (C=O) groups is 1. The molecule has 132 valence electrons. The van der Waals surface area contributed by atoms with Crippen molar-refractivity contribution < 1.29 is 4.79 Å². The van der Waals surface area contributed by atoms with Crippen LogP contribution in [0.25, 0.3) is 0 Å². The van der Waals surface area contributed by atoms with Crippen LogP contribution < -0.4 is 0 Å². The van der Waals surface area contributed by atoms with E-state index in [0.29, 0.717) is 18.8 Å². The maximum absolute atomic E-state index is 13.0. The average Bonchev–Trinajstić information content (AvgIpc) is 3.16. The van der Waals surface area contributed by atoms with Crippen LogP contribution >= 0.6 is 0 Å². The van der Waals surface area contributed by atoms with Crippen LogP contribution in [-0.4, -0.2) is 49.5 Å². The summed E-state index contributed by atoms with van der Waals surface area (Å²) < 4.78 is 0. The SMILES string of the molecule is CN1CCc2[nH]nc(C(=O)N3Cc4cnc(C(C)(C)C)nc4C3)c2C1. The molecule has 0 aliphatic carbocycles. The summed E-state index contributed by atoms with van der Waals surface area (Å²) >= 11 is 0. The number of likely N-dealkylation sites (N-methyl/N-ethyl adjacent to an activating group) is 1. The molecule has 0 aromatic carbocycles. The first-order chi connectivity index (χ1) is 11.8. The molecule has 25 heavy (non-hydrogen) atoms. The Bertz CT molecular complexity index is 835. The van der Waals surface area contributed by atoms with E-state index in [1.165, 1.54) is 0 Å². The minimum Gasteiger partial charge on any atom is -0.327 e. The van der Waals surface area contributed by atoms with Crippen molar-refractivity contribution in [1.29, 1.82) is 0 Å². The highest BCUT2D eigenvalue weighted by Gasteiger charge is 2.32. The Morgan fingerprint density at radius 2 is 2.04 bits per heavy atom. The smallest absolute Gasteiger partial charge is 0.275 e. The molecule has 0 atom stereocenters. The van der Waals surface area contributed by atoms with Gasteiger partial charge in [-0.05, 0) is 7.05 Å². The highest BCUT2D eigenvalue weighted by molar-refractivity contribution is 5.94. The predicted octanol–water partition coefficient (Wildman–Crippen LogP) is 1.64. The monoisotopic (exact) mass is 340 g/mol. The van der Waals surface area contributed by atoms with Gasteiger partial charge in [-0.1, -0.05) is 20.8 Å². The van der Waals surface area contributed by atoms with Crippen molar-refractivity contribution in [3.63, 3.8) is 0 Å². The van der Waals surface area contributed by atoms with Crippen molar-refractivity contribution in [3.05, 3.63) is 40.2 Å². The van der Waals surface area contributed by atoms with Crippen LogP contribution in [0.15, 0.2) is 6.20 Å². The lowest BCUT2D eigenvalue weighted by atomic mass is 9.95. The van der Waals surface area contributed by atoms with Crippen molar-refractivity contribution in [3.8, 4) is 0 Å². The molecule has 7 heteroatoms. The van der Waals surface area contributed by atoms with E-state index in [-0.39, 0.29) is 11.3 Å². The first-order valence-corrected chi connectivity index (χ1v) is 8.72. The maximum atomic E-state index is 13.0. The molecule has 1 amide bonds. The second kappa shape index (κ2) is 5.62. The third kappa shape index (κ3) is 2.82. The molecule has 4 heterocycles. The molecular weight excluding hydrogens is 316 g/mol. The van der Waals surface area contributed by atoms with Gasteiger partial charge in [0.1, 0.15) is 5.82 Å². The summed E-state index contributed by atoms with van der Waals surface area (Å²) in [7, 11) is 2.07. The summed E-state index contributed by atoms with van der Waals surface area (Å²) in [5.74, 6) is 0.794. The molecule has 2 aromatic rings. The van der Waals surface area contributed by atoms with Crippen molar-refractivity contribution in [2.75, 3.05) is 13.6 Å². The van der Waals surface area contributed by atoms with Crippen LogP contribution in [0.3, 0.4) is 0 Å². The Balaban J connectivity index is 1.58. The fraction of sp³-hybridized carbons (Fsp3) is 0.556. The lowest BCUT2D eigenvalue weighted by molar-refractivity contribution is 0.0742. The number of carbonyl (C=O) groups excluding carboxylic acids is 1. The number of nitrogens with one attached hydrogen (secondary N) is 1. The third-order valence-corrected chi connectivity index (χ3v) is 4.94. The van der Waals surface area contributed by atoms with Crippen LogP contribution in [0.2, 0.25) is 0 Å². The minimum atomic E-state index is -0.0989. The lowest BCUT2D eigenvalue weighted by Crippen LogP contribution is -2.30. The Morgan fingerprint density at radius 1 is 1.24 bits per heavy atom. The van der Waals surface area contributed by atoms with Gasteiger partial charge in [-0.25, -0.2) is 9.97 Å². The van der Waals surface area contributed by atoms with E-state index in [0.717, 1.165) is 47.8 Å². The minimum absolute atomic E-state index is 0.0249. The molecule has 0 spiro atoms. The van der Waals surface area contributed by atoms with Crippen LogP contribution in [0.1, 0.15) is 59.6 Å². The molecule has 1 N–H and O–H groups in total. The van der Waals surface area contributed by atoms with Gasteiger partial charge in [0, 0.05) is 54.5 Å². The zero-order valence-electron chi connectivity index (χ0n) is 15.3. The average molecular weight is 340 g/mol. The molecule has 2 aliphatic heterocycles. The number of hydrogen-bond donors (Lipinski definition) is 1. The number of fused-ring (bicyclic) bond motifs is 2. The highest BCUT2D eigenvalue weighted by Crippen LogP contribution is 2.27. The van der Waals surface area contributed by atoms with E-state index in [1.54, 1.807) is 0 Å². The van der Waals surface area contributed by atoms with E-state index in [1.807, 2.05) is 11.1 Å². The molecule has 2 aliphatic rings. The van der Waals surface area contributed by atoms with Crippen LogP contribution in [0.5, 0.6) is 0 Å². The van der Waals surface area contributed by atoms with Crippen LogP contribution in [-0.2, 0) is 31.5 Å². The quantitative estimate of drug-likeness (QED) is 0.854. The molecule has 0 saturated carbocycles. The molecule has 0 saturated heterocycles. The number of H-pyrrole nitrogens is 1. The number of nitrogens with zero attached hydrogens (tertiary/aromatic N) is 5. The van der Waals surface area contributed by atoms with Crippen molar-refractivity contribution in [2.24, 2.45) is 0 Å². The normalized spacial score (nSPS) is 17.5. The molecule has 4 rings (SSSR count). The summed E-state index contributed by atoms with van der Waals surface area (Å²) in [6.45, 7) is 9.12. The van der Waals surface area contributed by atoms with Gasteiger partial charge in [0.15, 0.2) is 5.69 Å². The molecule has 2 aromatic heterocycles. The van der Waals surface area contributed by atoms with Gasteiger partial charge >= 0.3 is 0 Å². The van der Waals surface area contributed by atoms with E-state index in [4.69, 9.17) is 4.98 Å². The number of rotatable bonds is 1. The molecular formula is C18H24N6O. The molecule has 0 fully saturated rings. The zero-order valence-corrected chi connectivity index (χ0v) is 15.3. The van der Waals surface area contributed by atoms with Crippen molar-refractivity contribution in [2.45, 2.75) is 52.2 Å². The summed E-state index contributed by atoms with van der Waals surface area (Å²) in [5, 5.41) is 7.37. The van der Waals surface area contributed by atoms with Gasteiger partial charge in [-0.2, -0.15) is 5.10 Å². The third-order valence-electron chi connectivity index (χ3n) is 4.94. The van der Waals surface area contributed by atoms with Crippen molar-refractivity contribution in [1.82, 2.24) is 30.0 Å². The summed E-state index contributed by atoms with van der Waals surface area (Å²) in [4.78, 5) is 26.2. The standard InChI is InChI=1S/C18H24N6O/c1-18(2,3)17-19-7-11-8-24(10-14(11)20-17)16(25)15-12-9-23(4)6-5-13(12)21-22-15/h7H,5-6,8-10H2,1-4H3,(H,21,22). The second-order valence-corrected chi connectivity index (χ2v) is 8.09. The predicted molar refractivity (Wildman–Crippen MR) is 92.9 cm³/mol. The van der Waals surface area contributed by atoms with Gasteiger partial charge in [0.05, 0.1) is 12.2 Å². The van der Waals surface area contributed by atoms with E-state index >= 15 is 0 Å². The summed E-state index contributed by atoms with van der Waals surface area (Å²) in [6.07, 6.45) is 2.77. The van der Waals surface area contributed by atoms with Crippen LogP contribution in [0.4, 0.5) is 0 Å². The zero-order chi connectivity index (χ0) is 17.8. The second-order valence-electron chi connectivity index (χ2n) is 8.09. The largest absolute Gasteiger partial charge is 0.327 e.